The molecule has 0 N–H and O–H groups in total. The Morgan fingerprint density at radius 1 is 0.750 bits per heavy atom. The number of unbranched alkanes of at least 4 members (excludes halogenated alkanes) is 9. The maximum absolute atomic E-state index is 2.52. The molecule has 2 nitrogen and oxygen atoms in total. The number of aromatic nitrogens is 2. The van der Waals surface area contributed by atoms with E-state index in [0.717, 1.165) is 6.42 Å². The van der Waals surface area contributed by atoms with Crippen molar-refractivity contribution in [1.29, 1.82) is 0 Å². The Morgan fingerprint density at radius 3 is 1.86 bits per heavy atom. The van der Waals surface area contributed by atoms with Gasteiger partial charge in [-0.1, -0.05) is 132 Å². The molecule has 0 aliphatic heterocycles. The summed E-state index contributed by atoms with van der Waals surface area (Å²) >= 11 is 0. The van der Waals surface area contributed by atoms with E-state index in [1.54, 1.807) is 0 Å². The summed E-state index contributed by atoms with van der Waals surface area (Å²) in [6.07, 6.45) is 23.0. The number of hydrogen-bond acceptors (Lipinski definition) is 0. The van der Waals surface area contributed by atoms with E-state index in [0.29, 0.717) is 12.1 Å². The zero-order valence-electron chi connectivity index (χ0n) is 23.5. The van der Waals surface area contributed by atoms with Gasteiger partial charge in [0.05, 0.1) is 6.04 Å². The zero-order chi connectivity index (χ0) is 25.6. The van der Waals surface area contributed by atoms with Crippen LogP contribution in [0.3, 0.4) is 0 Å². The molecule has 2 unspecified atom stereocenters. The van der Waals surface area contributed by atoms with Crippen molar-refractivity contribution in [3.63, 3.8) is 0 Å². The van der Waals surface area contributed by atoms with Crippen LogP contribution >= 0.6 is 0 Å². The van der Waals surface area contributed by atoms with Crippen molar-refractivity contribution in [3.8, 4) is 0 Å². The summed E-state index contributed by atoms with van der Waals surface area (Å²) in [5.74, 6) is 0. The lowest BCUT2D eigenvalue weighted by atomic mass is 9.70. The van der Waals surface area contributed by atoms with Gasteiger partial charge >= 0.3 is 0 Å². The second-order valence-corrected chi connectivity index (χ2v) is 11.3. The van der Waals surface area contributed by atoms with E-state index >= 15 is 0 Å². The third kappa shape index (κ3) is 8.36. The summed E-state index contributed by atoms with van der Waals surface area (Å²) in [5, 5.41) is 0. The molecular weight excluding hydrogens is 436 g/mol. The van der Waals surface area contributed by atoms with Crippen LogP contribution in [0.25, 0.3) is 0 Å². The fourth-order valence-corrected chi connectivity index (χ4v) is 5.75. The van der Waals surface area contributed by atoms with Gasteiger partial charge in [0.25, 0.3) is 0 Å². The zero-order valence-corrected chi connectivity index (χ0v) is 23.5. The van der Waals surface area contributed by atoms with Gasteiger partial charge in [-0.05, 0) is 44.2 Å². The van der Waals surface area contributed by atoms with Crippen LogP contribution in [0.1, 0.15) is 122 Å². The van der Waals surface area contributed by atoms with Crippen molar-refractivity contribution in [2.24, 2.45) is 0 Å². The largest absolute Gasteiger partial charge is 0.244 e. The van der Waals surface area contributed by atoms with Gasteiger partial charge in [-0.2, -0.15) is 0 Å². The Kier molecular flexibility index (Phi) is 11.8. The second-order valence-electron chi connectivity index (χ2n) is 11.3. The summed E-state index contributed by atoms with van der Waals surface area (Å²) in [6, 6.07) is 23.2. The van der Waals surface area contributed by atoms with E-state index in [1.807, 2.05) is 0 Å². The van der Waals surface area contributed by atoms with Gasteiger partial charge in [0, 0.05) is 5.41 Å². The predicted molar refractivity (Wildman–Crippen MR) is 154 cm³/mol. The molecule has 0 radical (unpaired) electrons. The van der Waals surface area contributed by atoms with E-state index in [9.17, 15) is 0 Å². The Bertz CT molecular complexity index is 959. The first-order chi connectivity index (χ1) is 17.5. The van der Waals surface area contributed by atoms with Gasteiger partial charge in [0.2, 0.25) is 6.33 Å². The van der Waals surface area contributed by atoms with Crippen molar-refractivity contribution in [1.82, 2.24) is 4.57 Å². The van der Waals surface area contributed by atoms with Crippen LogP contribution in [0, 0.1) is 0 Å². The van der Waals surface area contributed by atoms with E-state index in [4.69, 9.17) is 0 Å². The maximum Gasteiger partial charge on any atom is 0.244 e. The Balaban J connectivity index is 1.74. The van der Waals surface area contributed by atoms with E-state index in [1.165, 1.54) is 81.8 Å². The molecule has 0 aliphatic carbocycles. The first-order valence-electron chi connectivity index (χ1n) is 14.7. The number of nitrogens with zero attached hydrogens (tertiary/aromatic N) is 2. The van der Waals surface area contributed by atoms with Crippen LogP contribution in [0.2, 0.25) is 0 Å². The molecule has 0 aliphatic rings. The summed E-state index contributed by atoms with van der Waals surface area (Å²) in [7, 11) is 0. The maximum atomic E-state index is 2.52. The Hall–Kier alpha value is -2.35. The minimum absolute atomic E-state index is 0.00964. The monoisotopic (exact) mass is 487 g/mol. The Morgan fingerprint density at radius 2 is 1.31 bits per heavy atom. The van der Waals surface area contributed by atoms with Crippen molar-refractivity contribution < 1.29 is 4.57 Å². The molecule has 0 saturated heterocycles. The van der Waals surface area contributed by atoms with Crippen LogP contribution in [0.5, 0.6) is 0 Å². The third-order valence-corrected chi connectivity index (χ3v) is 8.05. The number of imidazole rings is 1. The van der Waals surface area contributed by atoms with Gasteiger partial charge in [-0.3, -0.25) is 0 Å². The second kappa shape index (κ2) is 15.0. The molecule has 196 valence electrons. The highest BCUT2D eigenvalue weighted by molar-refractivity contribution is 5.29. The summed E-state index contributed by atoms with van der Waals surface area (Å²) in [4.78, 5) is 0. The van der Waals surface area contributed by atoms with Gasteiger partial charge < -0.3 is 0 Å². The van der Waals surface area contributed by atoms with Crippen molar-refractivity contribution >= 4 is 0 Å². The number of hydrogen-bond donors (Lipinski definition) is 0. The van der Waals surface area contributed by atoms with E-state index < -0.39 is 0 Å². The molecule has 0 saturated carbocycles. The number of benzene rings is 2. The van der Waals surface area contributed by atoms with Gasteiger partial charge in [-0.25, -0.2) is 9.13 Å². The van der Waals surface area contributed by atoms with Gasteiger partial charge in [0.15, 0.2) is 0 Å². The van der Waals surface area contributed by atoms with Crippen molar-refractivity contribution in [2.45, 2.75) is 122 Å². The molecule has 0 fully saturated rings. The average Bonchev–Trinajstić information content (AvgIpc) is 3.38. The van der Waals surface area contributed by atoms with E-state index in [2.05, 4.69) is 116 Å². The molecule has 2 heteroatoms. The normalized spacial score (nSPS) is 14.1. The highest BCUT2D eigenvalue weighted by atomic mass is 15.1. The van der Waals surface area contributed by atoms with Crippen LogP contribution in [-0.4, -0.2) is 4.57 Å². The minimum Gasteiger partial charge on any atom is -0.235 e. The highest BCUT2D eigenvalue weighted by Gasteiger charge is 2.40. The number of rotatable bonds is 17. The summed E-state index contributed by atoms with van der Waals surface area (Å²) in [6.45, 7) is 9.33. The van der Waals surface area contributed by atoms with Crippen molar-refractivity contribution in [3.05, 3.63) is 90.5 Å². The molecule has 1 aromatic heterocycles. The molecule has 0 spiro atoms. The molecule has 0 bridgehead atoms. The van der Waals surface area contributed by atoms with E-state index in [-0.39, 0.29) is 5.41 Å². The van der Waals surface area contributed by atoms with Crippen LogP contribution < -0.4 is 4.57 Å². The fraction of sp³-hybridized carbons (Fsp3) is 0.559. The molecular formula is C34H51N2+. The van der Waals surface area contributed by atoms with Crippen molar-refractivity contribution in [2.75, 3.05) is 0 Å². The van der Waals surface area contributed by atoms with Crippen LogP contribution in [0.4, 0.5) is 0 Å². The molecule has 3 aromatic rings. The quantitative estimate of drug-likeness (QED) is 0.132. The Labute approximate surface area is 221 Å². The first-order valence-corrected chi connectivity index (χ1v) is 14.7. The molecule has 1 heterocycles. The van der Waals surface area contributed by atoms with Crippen LogP contribution in [-0.2, 0) is 11.8 Å². The topological polar surface area (TPSA) is 8.81 Å². The highest BCUT2D eigenvalue weighted by Crippen LogP contribution is 2.39. The SMILES string of the molecule is CCCCCCCCCCCCC([n+]1ccn(C(C)C)c1)C(C)(Cc1ccccc1)c1ccccc1. The fourth-order valence-electron chi connectivity index (χ4n) is 5.75. The lowest BCUT2D eigenvalue weighted by Crippen LogP contribution is -2.50. The molecule has 36 heavy (non-hydrogen) atoms. The predicted octanol–water partition coefficient (Wildman–Crippen LogP) is 9.41. The molecule has 2 atom stereocenters. The molecule has 3 rings (SSSR count). The molecule has 0 amide bonds. The summed E-state index contributed by atoms with van der Waals surface area (Å²) in [5.41, 5.74) is 2.87. The first kappa shape index (κ1) is 28.2. The lowest BCUT2D eigenvalue weighted by Gasteiger charge is -2.37. The smallest absolute Gasteiger partial charge is 0.235 e. The minimum atomic E-state index is 0.00964. The summed E-state index contributed by atoms with van der Waals surface area (Å²) < 4.78 is 4.86. The third-order valence-electron chi connectivity index (χ3n) is 8.05. The van der Waals surface area contributed by atoms with Gasteiger partial charge in [-0.15, -0.1) is 0 Å². The van der Waals surface area contributed by atoms with Crippen LogP contribution in [0.15, 0.2) is 79.4 Å². The standard InChI is InChI=1S/C34H51N2/c1-5-6-7-8-9-10-11-12-13-20-25-33(36-27-26-35(29-36)30(2)3)34(4,32-23-18-15-19-24-32)28-31-21-16-14-17-22-31/h14-19,21-24,26-27,29-30,33H,5-13,20,25,28H2,1-4H3/q+1. The van der Waals surface area contributed by atoms with Gasteiger partial charge in [0.1, 0.15) is 18.4 Å². The lowest BCUT2D eigenvalue weighted by molar-refractivity contribution is -0.732. The average molecular weight is 488 g/mol. The molecule has 2 aromatic carbocycles.